The molecule has 3 atom stereocenters. The van der Waals surface area contributed by atoms with Crippen molar-refractivity contribution in [1.82, 2.24) is 15.3 Å². The molecule has 6 rings (SSSR count). The number of hydrogen-bond donors (Lipinski definition) is 2. The molecule has 2 saturated carbocycles. The second-order valence-corrected chi connectivity index (χ2v) is 11.2. The zero-order valence-electron chi connectivity index (χ0n) is 19.2. The molecule has 2 heterocycles. The number of benzene rings is 2. The second-order valence-electron chi connectivity index (χ2n) is 10.4. The van der Waals surface area contributed by atoms with E-state index in [0.717, 1.165) is 55.0 Å². The third-order valence-corrected chi connectivity index (χ3v) is 9.14. The molecule has 0 spiro atoms. The normalized spacial score (nSPS) is 26.7. The van der Waals surface area contributed by atoms with E-state index in [0.29, 0.717) is 27.9 Å². The Hall–Kier alpha value is -2.26. The van der Waals surface area contributed by atoms with E-state index in [4.69, 9.17) is 28.2 Å². The number of nitrogens with one attached hydrogen (secondary N) is 2. The zero-order chi connectivity index (χ0) is 23.3. The van der Waals surface area contributed by atoms with Crippen LogP contribution in [0.25, 0.3) is 11.0 Å². The number of hydrogen-bond acceptors (Lipinski definition) is 4. The van der Waals surface area contributed by atoms with Crippen molar-refractivity contribution in [3.05, 3.63) is 57.6 Å². The van der Waals surface area contributed by atoms with E-state index in [1.54, 1.807) is 0 Å². The SMILES string of the molecule is N#Cc1cccc([C@]23CC[C@@H](N(CC4CCNCC4)c4nc5cc(Cl)c(Cl)cc5[nH]4)C[C@H]2C3)c1. The monoisotopic (exact) mass is 493 g/mol. The number of nitrogens with zero attached hydrogens (tertiary/aromatic N) is 3. The minimum absolute atomic E-state index is 0.263. The predicted molar refractivity (Wildman–Crippen MR) is 138 cm³/mol. The van der Waals surface area contributed by atoms with Crippen molar-refractivity contribution in [2.45, 2.75) is 50.0 Å². The highest BCUT2D eigenvalue weighted by Gasteiger charge is 2.58. The molecule has 176 valence electrons. The third kappa shape index (κ3) is 3.96. The number of rotatable bonds is 5. The summed E-state index contributed by atoms with van der Waals surface area (Å²) in [7, 11) is 0. The summed E-state index contributed by atoms with van der Waals surface area (Å²) in [6, 6.07) is 14.8. The van der Waals surface area contributed by atoms with Gasteiger partial charge in [0.1, 0.15) is 0 Å². The average Bonchev–Trinajstić information content (AvgIpc) is 3.48. The lowest BCUT2D eigenvalue weighted by Gasteiger charge is -2.39. The Labute approximate surface area is 210 Å². The summed E-state index contributed by atoms with van der Waals surface area (Å²) in [6.45, 7) is 3.21. The van der Waals surface area contributed by atoms with Crippen LogP contribution in [0.5, 0.6) is 0 Å². The molecule has 5 nitrogen and oxygen atoms in total. The molecule has 1 aliphatic heterocycles. The Bertz CT molecular complexity index is 1220. The minimum atomic E-state index is 0.263. The fourth-order valence-electron chi connectivity index (χ4n) is 6.42. The van der Waals surface area contributed by atoms with Gasteiger partial charge in [-0.15, -0.1) is 0 Å². The quantitative estimate of drug-likeness (QED) is 0.453. The maximum Gasteiger partial charge on any atom is 0.204 e. The van der Waals surface area contributed by atoms with Crippen molar-refractivity contribution in [2.75, 3.05) is 24.5 Å². The van der Waals surface area contributed by atoms with E-state index in [1.165, 1.54) is 31.2 Å². The predicted octanol–water partition coefficient (Wildman–Crippen LogP) is 6.06. The summed E-state index contributed by atoms with van der Waals surface area (Å²) in [5.41, 5.74) is 4.19. The number of aromatic nitrogens is 2. The molecule has 3 aromatic rings. The Morgan fingerprint density at radius 1 is 1.12 bits per heavy atom. The highest BCUT2D eigenvalue weighted by atomic mass is 35.5. The van der Waals surface area contributed by atoms with Crippen molar-refractivity contribution < 1.29 is 0 Å². The summed E-state index contributed by atoms with van der Waals surface area (Å²) in [5.74, 6) is 2.28. The molecule has 34 heavy (non-hydrogen) atoms. The van der Waals surface area contributed by atoms with Crippen LogP contribution in [0.1, 0.15) is 49.7 Å². The number of imidazole rings is 1. The van der Waals surface area contributed by atoms with E-state index >= 15 is 0 Å². The summed E-state index contributed by atoms with van der Waals surface area (Å²) in [5, 5.41) is 13.9. The van der Waals surface area contributed by atoms with Gasteiger partial charge in [-0.3, -0.25) is 0 Å². The minimum Gasteiger partial charge on any atom is -0.339 e. The van der Waals surface area contributed by atoms with Crippen molar-refractivity contribution >= 4 is 40.2 Å². The van der Waals surface area contributed by atoms with Crippen LogP contribution in [0.2, 0.25) is 10.0 Å². The Kier molecular flexibility index (Phi) is 5.72. The molecule has 0 radical (unpaired) electrons. The first-order chi connectivity index (χ1) is 16.6. The number of piperidine rings is 1. The first-order valence-electron chi connectivity index (χ1n) is 12.4. The fourth-order valence-corrected chi connectivity index (χ4v) is 6.75. The lowest BCUT2D eigenvalue weighted by atomic mass is 9.79. The average molecular weight is 494 g/mol. The maximum atomic E-state index is 9.36. The van der Waals surface area contributed by atoms with Gasteiger partial charge in [-0.2, -0.15) is 5.26 Å². The van der Waals surface area contributed by atoms with Gasteiger partial charge in [0.05, 0.1) is 32.7 Å². The van der Waals surface area contributed by atoms with Crippen molar-refractivity contribution in [2.24, 2.45) is 11.8 Å². The molecule has 3 aliphatic rings. The van der Waals surface area contributed by atoms with Crippen molar-refractivity contribution in [3.8, 4) is 6.07 Å². The van der Waals surface area contributed by atoms with Crippen molar-refractivity contribution in [1.29, 1.82) is 5.26 Å². The number of anilines is 1. The Balaban J connectivity index is 1.27. The largest absolute Gasteiger partial charge is 0.339 e. The Morgan fingerprint density at radius 3 is 2.74 bits per heavy atom. The van der Waals surface area contributed by atoms with Gasteiger partial charge >= 0.3 is 0 Å². The van der Waals surface area contributed by atoms with Gasteiger partial charge < -0.3 is 15.2 Å². The van der Waals surface area contributed by atoms with Crippen LogP contribution in [0.3, 0.4) is 0 Å². The summed E-state index contributed by atoms with van der Waals surface area (Å²) in [6.07, 6.45) is 7.10. The summed E-state index contributed by atoms with van der Waals surface area (Å²) >= 11 is 12.6. The fraction of sp³-hybridized carbons (Fsp3) is 0.481. The van der Waals surface area contributed by atoms with E-state index in [1.807, 2.05) is 24.3 Å². The van der Waals surface area contributed by atoms with E-state index in [-0.39, 0.29) is 5.41 Å². The van der Waals surface area contributed by atoms with Gasteiger partial charge in [0, 0.05) is 12.6 Å². The molecule has 2 N–H and O–H groups in total. The van der Waals surface area contributed by atoms with Crippen LogP contribution in [0.15, 0.2) is 36.4 Å². The van der Waals surface area contributed by atoms with E-state index < -0.39 is 0 Å². The van der Waals surface area contributed by atoms with Crippen LogP contribution in [-0.4, -0.2) is 35.6 Å². The highest BCUT2D eigenvalue weighted by molar-refractivity contribution is 6.42. The van der Waals surface area contributed by atoms with E-state index in [9.17, 15) is 5.26 Å². The molecule has 0 amide bonds. The molecule has 0 bridgehead atoms. The number of aromatic amines is 1. The lowest BCUT2D eigenvalue weighted by molar-refractivity contribution is 0.322. The highest BCUT2D eigenvalue weighted by Crippen LogP contribution is 2.63. The van der Waals surface area contributed by atoms with Crippen molar-refractivity contribution in [3.63, 3.8) is 0 Å². The van der Waals surface area contributed by atoms with Crippen LogP contribution >= 0.6 is 23.2 Å². The van der Waals surface area contributed by atoms with Gasteiger partial charge in [0.25, 0.3) is 0 Å². The number of halogens is 2. The molecular formula is C27H29Cl2N5. The van der Waals surface area contributed by atoms with Gasteiger partial charge in [0.15, 0.2) is 0 Å². The topological polar surface area (TPSA) is 67.7 Å². The molecule has 2 aromatic carbocycles. The molecule has 2 aliphatic carbocycles. The molecule has 7 heteroatoms. The van der Waals surface area contributed by atoms with Gasteiger partial charge in [0.2, 0.25) is 5.95 Å². The lowest BCUT2D eigenvalue weighted by Crippen LogP contribution is -2.44. The smallest absolute Gasteiger partial charge is 0.204 e. The second kappa shape index (κ2) is 8.75. The maximum absolute atomic E-state index is 9.36. The van der Waals surface area contributed by atoms with Gasteiger partial charge in [-0.1, -0.05) is 35.3 Å². The van der Waals surface area contributed by atoms with Crippen LogP contribution in [0, 0.1) is 23.2 Å². The summed E-state index contributed by atoms with van der Waals surface area (Å²) in [4.78, 5) is 11.1. The summed E-state index contributed by atoms with van der Waals surface area (Å²) < 4.78 is 0. The molecular weight excluding hydrogens is 465 g/mol. The van der Waals surface area contributed by atoms with E-state index in [2.05, 4.69) is 33.4 Å². The molecule has 0 unspecified atom stereocenters. The standard InChI is InChI=1S/C27H29Cl2N5/c28-22-12-24-25(13-23(22)29)33-26(32-24)34(16-17-5-8-31-9-6-17)21-4-7-27(14-20(27)11-21)19-3-1-2-18(10-19)15-30/h1-3,10,12-13,17,20-21,31H,4-9,11,14,16H2,(H,32,33)/t20-,21+,27+/m0/s1. The first-order valence-corrected chi connectivity index (χ1v) is 13.1. The van der Waals surface area contributed by atoms with Gasteiger partial charge in [-0.25, -0.2) is 4.98 Å². The first kappa shape index (κ1) is 22.2. The zero-order valence-corrected chi connectivity index (χ0v) is 20.7. The number of fused-ring (bicyclic) bond motifs is 2. The third-order valence-electron chi connectivity index (χ3n) is 8.42. The van der Waals surface area contributed by atoms with Crippen LogP contribution in [0.4, 0.5) is 5.95 Å². The number of nitriles is 1. The Morgan fingerprint density at radius 2 is 1.94 bits per heavy atom. The molecule has 1 aromatic heterocycles. The van der Waals surface area contributed by atoms with Gasteiger partial charge in [-0.05, 0) is 98.7 Å². The number of H-pyrrole nitrogens is 1. The molecule has 3 fully saturated rings. The van der Waals surface area contributed by atoms with Crippen LogP contribution < -0.4 is 10.2 Å². The van der Waals surface area contributed by atoms with Crippen LogP contribution in [-0.2, 0) is 5.41 Å². The molecule has 1 saturated heterocycles.